The number of Topliss-reactive ketones (excluding diaryl/α,β-unsaturated/α-hetero) is 1. The number of amides is 1. The van der Waals surface area contributed by atoms with Crippen molar-refractivity contribution in [2.45, 2.75) is 51.9 Å². The molecule has 0 radical (unpaired) electrons. The molecule has 0 aromatic heterocycles. The van der Waals surface area contributed by atoms with Gasteiger partial charge in [0.25, 0.3) is 0 Å². The van der Waals surface area contributed by atoms with E-state index in [9.17, 15) is 23.5 Å². The van der Waals surface area contributed by atoms with Crippen LogP contribution in [0, 0.1) is 11.6 Å². The fourth-order valence-electron chi connectivity index (χ4n) is 2.22. The predicted molar refractivity (Wildman–Crippen MR) is 92.8 cm³/mol. The highest BCUT2D eigenvalue weighted by molar-refractivity contribution is 5.77. The van der Waals surface area contributed by atoms with Crippen molar-refractivity contribution in [1.82, 2.24) is 10.6 Å². The van der Waals surface area contributed by atoms with Crippen molar-refractivity contribution in [1.29, 1.82) is 0 Å². The van der Waals surface area contributed by atoms with Crippen LogP contribution in [-0.2, 0) is 16.0 Å². The van der Waals surface area contributed by atoms with Gasteiger partial charge in [-0.1, -0.05) is 0 Å². The zero-order valence-electron chi connectivity index (χ0n) is 15.4. The summed E-state index contributed by atoms with van der Waals surface area (Å²) in [4.78, 5) is 23.0. The summed E-state index contributed by atoms with van der Waals surface area (Å²) in [5.41, 5.74) is -0.743. The third-order valence-electron chi connectivity index (χ3n) is 3.34. The maximum Gasteiger partial charge on any atom is 0.407 e. The molecule has 2 atom stereocenters. The summed E-state index contributed by atoms with van der Waals surface area (Å²) in [6.45, 7) is 6.45. The molecule has 8 heteroatoms. The van der Waals surface area contributed by atoms with Gasteiger partial charge in [0.2, 0.25) is 0 Å². The number of nitrogens with one attached hydrogen (secondary N) is 2. The number of benzene rings is 1. The van der Waals surface area contributed by atoms with Gasteiger partial charge in [0.15, 0.2) is 0 Å². The highest BCUT2D eigenvalue weighted by Crippen LogP contribution is 2.14. The van der Waals surface area contributed by atoms with Gasteiger partial charge in [-0.05, 0) is 57.9 Å². The number of aliphatic hydroxyl groups excluding tert-OH is 1. The minimum atomic E-state index is -1.15. The normalized spacial score (nSPS) is 13.8. The Kier molecular flexibility index (Phi) is 8.10. The second-order valence-corrected chi connectivity index (χ2v) is 7.09. The molecule has 6 nitrogen and oxygen atoms in total. The van der Waals surface area contributed by atoms with E-state index >= 15 is 0 Å². The number of carbonyl (C=O) groups is 2. The predicted octanol–water partition coefficient (Wildman–Crippen LogP) is 1.94. The summed E-state index contributed by atoms with van der Waals surface area (Å²) < 4.78 is 32.4. The second kappa shape index (κ2) is 9.59. The van der Waals surface area contributed by atoms with Crippen LogP contribution in [0.1, 0.15) is 33.3 Å². The molecule has 146 valence electrons. The van der Waals surface area contributed by atoms with Crippen LogP contribution in [0.4, 0.5) is 13.6 Å². The Bertz CT molecular complexity index is 632. The van der Waals surface area contributed by atoms with Crippen molar-refractivity contribution in [2.24, 2.45) is 0 Å². The van der Waals surface area contributed by atoms with Crippen LogP contribution in [0.25, 0.3) is 0 Å². The molecule has 0 fully saturated rings. The zero-order valence-corrected chi connectivity index (χ0v) is 15.4. The number of halogens is 2. The number of rotatable bonds is 8. The molecule has 1 aromatic rings. The van der Waals surface area contributed by atoms with Crippen molar-refractivity contribution >= 4 is 11.9 Å². The monoisotopic (exact) mass is 372 g/mol. The number of ether oxygens (including phenoxy) is 1. The first-order chi connectivity index (χ1) is 12.0. The lowest BCUT2D eigenvalue weighted by Crippen LogP contribution is -2.50. The number of aliphatic hydroxyl groups is 1. The van der Waals surface area contributed by atoms with Crippen LogP contribution in [-0.4, -0.2) is 47.8 Å². The van der Waals surface area contributed by atoms with Crippen molar-refractivity contribution in [3.05, 3.63) is 35.4 Å². The van der Waals surface area contributed by atoms with Crippen LogP contribution in [0.5, 0.6) is 0 Å². The number of carbonyl (C=O) groups excluding carboxylic acids is 2. The number of alkyl carbamates (subject to hydrolysis) is 1. The first-order valence-electron chi connectivity index (χ1n) is 8.29. The van der Waals surface area contributed by atoms with E-state index in [0.29, 0.717) is 0 Å². The van der Waals surface area contributed by atoms with E-state index in [1.807, 2.05) is 0 Å². The molecule has 0 spiro atoms. The van der Waals surface area contributed by atoms with E-state index in [4.69, 9.17) is 4.74 Å². The molecule has 0 unspecified atom stereocenters. The van der Waals surface area contributed by atoms with Crippen LogP contribution in [0.2, 0.25) is 0 Å². The van der Waals surface area contributed by atoms with Gasteiger partial charge in [0, 0.05) is 6.54 Å². The lowest BCUT2D eigenvalue weighted by atomic mass is 10.0. The van der Waals surface area contributed by atoms with Crippen molar-refractivity contribution in [3.63, 3.8) is 0 Å². The van der Waals surface area contributed by atoms with E-state index in [1.54, 1.807) is 20.8 Å². The van der Waals surface area contributed by atoms with Crippen molar-refractivity contribution in [2.75, 3.05) is 13.1 Å². The van der Waals surface area contributed by atoms with Gasteiger partial charge in [-0.2, -0.15) is 0 Å². The molecule has 1 amide bonds. The van der Waals surface area contributed by atoms with E-state index in [-0.39, 0.29) is 30.9 Å². The summed E-state index contributed by atoms with van der Waals surface area (Å²) >= 11 is 0. The molecule has 26 heavy (non-hydrogen) atoms. The molecule has 0 aliphatic heterocycles. The average Bonchev–Trinajstić information content (AvgIpc) is 2.47. The minimum absolute atomic E-state index is 0.0108. The minimum Gasteiger partial charge on any atom is -0.444 e. The Hall–Kier alpha value is -2.06. The van der Waals surface area contributed by atoms with Crippen LogP contribution in [0.15, 0.2) is 18.2 Å². The maximum atomic E-state index is 13.9. The number of hydrogen-bond donors (Lipinski definition) is 3. The number of ketones is 1. The molecule has 0 saturated carbocycles. The Labute approximate surface area is 151 Å². The van der Waals surface area contributed by atoms with E-state index in [2.05, 4.69) is 10.6 Å². The van der Waals surface area contributed by atoms with Gasteiger partial charge >= 0.3 is 6.09 Å². The van der Waals surface area contributed by atoms with Crippen molar-refractivity contribution in [3.8, 4) is 0 Å². The van der Waals surface area contributed by atoms with Gasteiger partial charge in [-0.3, -0.25) is 4.79 Å². The molecule has 1 aromatic carbocycles. The van der Waals surface area contributed by atoms with Crippen LogP contribution in [0.3, 0.4) is 0 Å². The first kappa shape index (κ1) is 22.0. The fourth-order valence-corrected chi connectivity index (χ4v) is 2.22. The Morgan fingerprint density at radius 3 is 2.50 bits per heavy atom. The van der Waals surface area contributed by atoms with Gasteiger partial charge < -0.3 is 20.5 Å². The van der Waals surface area contributed by atoms with Gasteiger partial charge in [0.05, 0.1) is 18.7 Å². The first-order valence-corrected chi connectivity index (χ1v) is 8.29. The summed E-state index contributed by atoms with van der Waals surface area (Å²) in [5.74, 6) is -1.39. The maximum absolute atomic E-state index is 13.9. The third kappa shape index (κ3) is 8.35. The van der Waals surface area contributed by atoms with Crippen LogP contribution < -0.4 is 10.6 Å². The lowest BCUT2D eigenvalue weighted by Gasteiger charge is -2.27. The summed E-state index contributed by atoms with van der Waals surface area (Å²) in [7, 11) is 0. The van der Waals surface area contributed by atoms with E-state index in [1.165, 1.54) is 6.92 Å². The van der Waals surface area contributed by atoms with E-state index < -0.39 is 35.5 Å². The zero-order chi connectivity index (χ0) is 19.9. The molecular weight excluding hydrogens is 346 g/mol. The largest absolute Gasteiger partial charge is 0.444 e. The molecule has 0 aliphatic carbocycles. The molecule has 1 rings (SSSR count). The Morgan fingerprint density at radius 2 is 1.92 bits per heavy atom. The molecule has 3 N–H and O–H groups in total. The standard InChI is InChI=1S/C18H26F2N2O4/c1-11(23)9-21-10-16(24)15(22-17(25)26-18(2,3)4)8-12-7-13(19)5-6-14(12)20/h5-7,15-16,21,24H,8-10H2,1-4H3,(H,22,25)/t15-,16+/m1/s1. The molecule has 0 aliphatic rings. The summed E-state index contributed by atoms with van der Waals surface area (Å²) in [6, 6.07) is 2.03. The number of hydrogen-bond acceptors (Lipinski definition) is 5. The summed E-state index contributed by atoms with van der Waals surface area (Å²) in [6.07, 6.45) is -2.08. The van der Waals surface area contributed by atoms with Gasteiger partial charge in [0.1, 0.15) is 23.0 Å². The quantitative estimate of drug-likeness (QED) is 0.649. The average molecular weight is 372 g/mol. The van der Waals surface area contributed by atoms with Gasteiger partial charge in [-0.25, -0.2) is 13.6 Å². The highest BCUT2D eigenvalue weighted by Gasteiger charge is 2.26. The Morgan fingerprint density at radius 1 is 1.27 bits per heavy atom. The lowest BCUT2D eigenvalue weighted by molar-refractivity contribution is -0.116. The SMILES string of the molecule is CC(=O)CNC[C@H](O)[C@@H](Cc1cc(F)ccc1F)NC(=O)OC(C)(C)C. The topological polar surface area (TPSA) is 87.7 Å². The van der Waals surface area contributed by atoms with Gasteiger partial charge in [-0.15, -0.1) is 0 Å². The Balaban J connectivity index is 2.87. The van der Waals surface area contributed by atoms with Crippen LogP contribution >= 0.6 is 0 Å². The fraction of sp³-hybridized carbons (Fsp3) is 0.556. The molecule has 0 saturated heterocycles. The second-order valence-electron chi connectivity index (χ2n) is 7.09. The third-order valence-corrected chi connectivity index (χ3v) is 3.34. The van der Waals surface area contributed by atoms with Crippen molar-refractivity contribution < 1.29 is 28.2 Å². The molecule has 0 heterocycles. The molecular formula is C18H26F2N2O4. The summed E-state index contributed by atoms with van der Waals surface area (Å²) in [5, 5.41) is 15.6. The molecule has 0 bridgehead atoms. The highest BCUT2D eigenvalue weighted by atomic mass is 19.1. The van der Waals surface area contributed by atoms with E-state index in [0.717, 1.165) is 18.2 Å². The smallest absolute Gasteiger partial charge is 0.407 e.